The molecule has 0 aromatic carbocycles. The fourth-order valence-corrected chi connectivity index (χ4v) is 2.85. The van der Waals surface area contributed by atoms with Gasteiger partial charge >= 0.3 is 0 Å². The van der Waals surface area contributed by atoms with Gasteiger partial charge in [0, 0.05) is 6.42 Å². The van der Waals surface area contributed by atoms with Crippen molar-refractivity contribution in [2.24, 2.45) is 0 Å². The molecule has 0 spiro atoms. The van der Waals surface area contributed by atoms with Crippen LogP contribution in [0.3, 0.4) is 0 Å². The first-order chi connectivity index (χ1) is 12.2. The van der Waals surface area contributed by atoms with E-state index in [0.717, 1.165) is 6.42 Å². The zero-order valence-corrected chi connectivity index (χ0v) is 16.6. The molecule has 1 N–H and O–H groups in total. The van der Waals surface area contributed by atoms with Crippen LogP contribution in [0.25, 0.3) is 0 Å². The van der Waals surface area contributed by atoms with E-state index >= 15 is 0 Å². The maximum atomic E-state index is 13.1. The number of rotatable bonds is 18. The minimum absolute atomic E-state index is 0.0111. The number of hydrogen-bond acceptors (Lipinski definition) is 2. The maximum absolute atomic E-state index is 13.1. The Morgan fingerprint density at radius 2 is 1.40 bits per heavy atom. The molecule has 0 fully saturated rings. The Bertz CT molecular complexity index is 324. The van der Waals surface area contributed by atoms with Crippen LogP contribution in [0, 0.1) is 0 Å². The molecule has 148 valence electrons. The van der Waals surface area contributed by atoms with E-state index in [-0.39, 0.29) is 6.61 Å². The SMILES string of the molecule is CCCCCCCCCCCCCCO/C(=C/C(C)F)C/C=C\CO. The minimum atomic E-state index is -1.00. The molecule has 0 aliphatic rings. The second-order valence-corrected chi connectivity index (χ2v) is 6.91. The fraction of sp³-hybridized carbons (Fsp3) is 0.818. The van der Waals surface area contributed by atoms with Gasteiger partial charge in [-0.3, -0.25) is 0 Å². The molecule has 0 aromatic rings. The summed E-state index contributed by atoms with van der Waals surface area (Å²) in [5, 5.41) is 8.74. The summed E-state index contributed by atoms with van der Waals surface area (Å²) in [6.45, 7) is 4.43. The standard InChI is InChI=1S/C22H41FO2/c1-3-4-5-6-7-8-9-10-11-12-13-16-19-25-22(20-21(2)23)17-14-15-18-24/h14-15,20-21,24H,3-13,16-19H2,1-2H3/b15-14-,22-20+. The Kier molecular flexibility index (Phi) is 18.8. The van der Waals surface area contributed by atoms with Gasteiger partial charge in [0.25, 0.3) is 0 Å². The van der Waals surface area contributed by atoms with Crippen LogP contribution in [-0.2, 0) is 4.74 Å². The third kappa shape index (κ3) is 19.3. The molecular formula is C22H41FO2. The molecule has 0 saturated heterocycles. The van der Waals surface area contributed by atoms with E-state index in [2.05, 4.69) is 6.92 Å². The van der Waals surface area contributed by atoms with Gasteiger partial charge in [0.2, 0.25) is 0 Å². The van der Waals surface area contributed by atoms with Crippen LogP contribution >= 0.6 is 0 Å². The summed E-state index contributed by atoms with van der Waals surface area (Å²) in [4.78, 5) is 0. The van der Waals surface area contributed by atoms with Crippen molar-refractivity contribution < 1.29 is 14.2 Å². The third-order valence-corrected chi connectivity index (χ3v) is 4.29. The van der Waals surface area contributed by atoms with E-state index in [0.29, 0.717) is 18.8 Å². The maximum Gasteiger partial charge on any atom is 0.119 e. The Labute approximate surface area is 155 Å². The van der Waals surface area contributed by atoms with Crippen LogP contribution in [0.5, 0.6) is 0 Å². The Hall–Kier alpha value is -0.830. The fourth-order valence-electron chi connectivity index (χ4n) is 2.85. The van der Waals surface area contributed by atoms with Gasteiger partial charge in [-0.1, -0.05) is 89.7 Å². The number of aliphatic hydroxyl groups excluding tert-OH is 1. The zero-order valence-electron chi connectivity index (χ0n) is 16.6. The van der Waals surface area contributed by atoms with E-state index in [1.807, 2.05) is 6.08 Å². The van der Waals surface area contributed by atoms with E-state index in [1.54, 1.807) is 6.08 Å². The average Bonchev–Trinajstić information content (AvgIpc) is 2.58. The molecular weight excluding hydrogens is 315 g/mol. The monoisotopic (exact) mass is 356 g/mol. The van der Waals surface area contributed by atoms with Gasteiger partial charge in [-0.05, 0) is 19.4 Å². The molecule has 25 heavy (non-hydrogen) atoms. The molecule has 0 amide bonds. The lowest BCUT2D eigenvalue weighted by atomic mass is 10.1. The lowest BCUT2D eigenvalue weighted by Crippen LogP contribution is -1.98. The summed E-state index contributed by atoms with van der Waals surface area (Å²) < 4.78 is 18.8. The molecule has 0 aliphatic carbocycles. The predicted molar refractivity (Wildman–Crippen MR) is 107 cm³/mol. The number of halogens is 1. The summed E-state index contributed by atoms with van der Waals surface area (Å²) in [6.07, 6.45) is 20.4. The first-order valence-electron chi connectivity index (χ1n) is 10.4. The predicted octanol–water partition coefficient (Wildman–Crippen LogP) is 6.88. The van der Waals surface area contributed by atoms with E-state index in [9.17, 15) is 4.39 Å². The highest BCUT2D eigenvalue weighted by Gasteiger charge is 2.01. The van der Waals surface area contributed by atoms with Crippen LogP contribution in [0.15, 0.2) is 24.0 Å². The van der Waals surface area contributed by atoms with Crippen LogP contribution in [0.1, 0.15) is 97.3 Å². The molecule has 0 radical (unpaired) electrons. The quantitative estimate of drug-likeness (QED) is 0.165. The topological polar surface area (TPSA) is 29.5 Å². The molecule has 1 unspecified atom stereocenters. The number of allylic oxidation sites excluding steroid dienone is 2. The summed E-state index contributed by atoms with van der Waals surface area (Å²) in [6, 6.07) is 0. The van der Waals surface area contributed by atoms with Crippen molar-refractivity contribution in [3.63, 3.8) is 0 Å². The van der Waals surface area contributed by atoms with E-state index in [1.165, 1.54) is 83.6 Å². The number of unbranched alkanes of at least 4 members (excludes halogenated alkanes) is 11. The second kappa shape index (κ2) is 19.5. The van der Waals surface area contributed by atoms with E-state index in [4.69, 9.17) is 9.84 Å². The summed E-state index contributed by atoms with van der Waals surface area (Å²) >= 11 is 0. The summed E-state index contributed by atoms with van der Waals surface area (Å²) in [5.41, 5.74) is 0. The number of ether oxygens (including phenoxy) is 1. The van der Waals surface area contributed by atoms with Crippen molar-refractivity contribution in [1.82, 2.24) is 0 Å². The molecule has 0 saturated carbocycles. The third-order valence-electron chi connectivity index (χ3n) is 4.29. The molecule has 0 heterocycles. The second-order valence-electron chi connectivity index (χ2n) is 6.91. The van der Waals surface area contributed by atoms with Gasteiger partial charge < -0.3 is 9.84 Å². The van der Waals surface area contributed by atoms with Gasteiger partial charge in [-0.2, -0.15) is 0 Å². The number of aliphatic hydroxyl groups is 1. The van der Waals surface area contributed by atoms with E-state index < -0.39 is 6.17 Å². The molecule has 3 heteroatoms. The largest absolute Gasteiger partial charge is 0.498 e. The normalized spacial score (nSPS) is 13.5. The Balaban J connectivity index is 3.49. The van der Waals surface area contributed by atoms with Crippen LogP contribution in [0.4, 0.5) is 4.39 Å². The van der Waals surface area contributed by atoms with Crippen molar-refractivity contribution in [1.29, 1.82) is 0 Å². The van der Waals surface area contributed by atoms with Crippen molar-refractivity contribution >= 4 is 0 Å². The molecule has 0 aliphatic heterocycles. The number of alkyl halides is 1. The van der Waals surface area contributed by atoms with Crippen molar-refractivity contribution in [3.05, 3.63) is 24.0 Å². The van der Waals surface area contributed by atoms with Gasteiger partial charge in [0.1, 0.15) is 6.17 Å². The molecule has 0 rings (SSSR count). The average molecular weight is 357 g/mol. The highest BCUT2D eigenvalue weighted by Crippen LogP contribution is 2.13. The summed E-state index contributed by atoms with van der Waals surface area (Å²) in [5.74, 6) is 0.669. The Morgan fingerprint density at radius 1 is 0.880 bits per heavy atom. The first-order valence-corrected chi connectivity index (χ1v) is 10.4. The lowest BCUT2D eigenvalue weighted by molar-refractivity contribution is 0.196. The molecule has 1 atom stereocenters. The molecule has 2 nitrogen and oxygen atoms in total. The minimum Gasteiger partial charge on any atom is -0.498 e. The highest BCUT2D eigenvalue weighted by atomic mass is 19.1. The molecule has 0 bridgehead atoms. The lowest BCUT2D eigenvalue weighted by Gasteiger charge is -2.10. The molecule has 0 aromatic heterocycles. The first kappa shape index (κ1) is 24.2. The Morgan fingerprint density at radius 3 is 1.88 bits per heavy atom. The highest BCUT2D eigenvalue weighted by molar-refractivity contribution is 5.03. The van der Waals surface area contributed by atoms with Crippen LogP contribution < -0.4 is 0 Å². The van der Waals surface area contributed by atoms with Crippen molar-refractivity contribution in [2.75, 3.05) is 13.2 Å². The van der Waals surface area contributed by atoms with Crippen molar-refractivity contribution in [3.8, 4) is 0 Å². The van der Waals surface area contributed by atoms with Crippen LogP contribution in [-0.4, -0.2) is 24.5 Å². The zero-order chi connectivity index (χ0) is 18.6. The van der Waals surface area contributed by atoms with Gasteiger partial charge in [-0.15, -0.1) is 0 Å². The summed E-state index contributed by atoms with van der Waals surface area (Å²) in [7, 11) is 0. The number of hydrogen-bond donors (Lipinski definition) is 1. The van der Waals surface area contributed by atoms with Gasteiger partial charge in [-0.25, -0.2) is 4.39 Å². The van der Waals surface area contributed by atoms with Gasteiger partial charge in [0.05, 0.1) is 19.0 Å². The van der Waals surface area contributed by atoms with Crippen molar-refractivity contribution in [2.45, 2.75) is 103 Å². The van der Waals surface area contributed by atoms with Gasteiger partial charge in [0.15, 0.2) is 0 Å². The smallest absolute Gasteiger partial charge is 0.119 e. The van der Waals surface area contributed by atoms with Crippen LogP contribution in [0.2, 0.25) is 0 Å².